The van der Waals surface area contributed by atoms with Crippen molar-refractivity contribution in [1.82, 2.24) is 4.98 Å². The van der Waals surface area contributed by atoms with Crippen LogP contribution in [0.2, 0.25) is 0 Å². The van der Waals surface area contributed by atoms with Crippen LogP contribution in [0.5, 0.6) is 0 Å². The van der Waals surface area contributed by atoms with Gasteiger partial charge in [-0.3, -0.25) is 9.78 Å². The SMILES string of the molecule is CCCCCC(=O)c1ccncc1. The Hall–Kier alpha value is -1.18. The van der Waals surface area contributed by atoms with Crippen molar-refractivity contribution in [3.63, 3.8) is 0 Å². The van der Waals surface area contributed by atoms with E-state index in [1.54, 1.807) is 24.5 Å². The second kappa shape index (κ2) is 5.46. The van der Waals surface area contributed by atoms with Gasteiger partial charge in [-0.25, -0.2) is 0 Å². The number of hydrogen-bond donors (Lipinski definition) is 0. The standard InChI is InChI=1S/C11H15NO/c1-2-3-4-5-11(13)10-6-8-12-9-7-10/h6-9H,2-5H2,1H3. The van der Waals surface area contributed by atoms with E-state index in [-0.39, 0.29) is 5.78 Å². The van der Waals surface area contributed by atoms with Gasteiger partial charge in [0.25, 0.3) is 0 Å². The topological polar surface area (TPSA) is 30.0 Å². The lowest BCUT2D eigenvalue weighted by molar-refractivity contribution is 0.0979. The van der Waals surface area contributed by atoms with E-state index in [2.05, 4.69) is 11.9 Å². The van der Waals surface area contributed by atoms with Gasteiger partial charge in [0.15, 0.2) is 5.78 Å². The lowest BCUT2D eigenvalue weighted by atomic mass is 10.1. The highest BCUT2D eigenvalue weighted by Crippen LogP contribution is 2.06. The minimum absolute atomic E-state index is 0.232. The number of pyridine rings is 1. The Bertz CT molecular complexity index is 256. The van der Waals surface area contributed by atoms with Gasteiger partial charge in [-0.15, -0.1) is 0 Å². The Morgan fingerprint density at radius 3 is 2.62 bits per heavy atom. The van der Waals surface area contributed by atoms with Gasteiger partial charge < -0.3 is 0 Å². The molecule has 0 atom stereocenters. The molecule has 2 heteroatoms. The summed E-state index contributed by atoms with van der Waals surface area (Å²) in [6.07, 6.45) is 7.27. The molecule has 0 aliphatic carbocycles. The fourth-order valence-electron chi connectivity index (χ4n) is 1.22. The van der Waals surface area contributed by atoms with Gasteiger partial charge in [-0.05, 0) is 18.6 Å². The van der Waals surface area contributed by atoms with Crippen molar-refractivity contribution in [3.8, 4) is 0 Å². The molecule has 1 rings (SSSR count). The highest BCUT2D eigenvalue weighted by Gasteiger charge is 2.03. The molecule has 0 saturated carbocycles. The largest absolute Gasteiger partial charge is 0.294 e. The second-order valence-corrected chi connectivity index (χ2v) is 3.12. The average molecular weight is 177 g/mol. The number of rotatable bonds is 5. The third-order valence-corrected chi connectivity index (χ3v) is 2.01. The van der Waals surface area contributed by atoms with Crippen LogP contribution in [0.4, 0.5) is 0 Å². The van der Waals surface area contributed by atoms with Crippen LogP contribution in [-0.2, 0) is 0 Å². The summed E-state index contributed by atoms with van der Waals surface area (Å²) in [5.74, 6) is 0.232. The summed E-state index contributed by atoms with van der Waals surface area (Å²) < 4.78 is 0. The molecule has 2 nitrogen and oxygen atoms in total. The zero-order valence-electron chi connectivity index (χ0n) is 7.99. The van der Waals surface area contributed by atoms with Crippen molar-refractivity contribution in [2.75, 3.05) is 0 Å². The first-order valence-corrected chi connectivity index (χ1v) is 4.78. The Morgan fingerprint density at radius 2 is 2.00 bits per heavy atom. The van der Waals surface area contributed by atoms with Crippen molar-refractivity contribution in [2.24, 2.45) is 0 Å². The first-order chi connectivity index (χ1) is 6.34. The predicted molar refractivity (Wildman–Crippen MR) is 52.7 cm³/mol. The van der Waals surface area contributed by atoms with E-state index in [0.29, 0.717) is 6.42 Å². The third kappa shape index (κ3) is 3.36. The molecular weight excluding hydrogens is 162 g/mol. The highest BCUT2D eigenvalue weighted by atomic mass is 16.1. The predicted octanol–water partition coefficient (Wildman–Crippen LogP) is 2.84. The van der Waals surface area contributed by atoms with Gasteiger partial charge >= 0.3 is 0 Å². The van der Waals surface area contributed by atoms with Gasteiger partial charge in [0.05, 0.1) is 0 Å². The zero-order valence-corrected chi connectivity index (χ0v) is 7.99. The number of carbonyl (C=O) groups excluding carboxylic acids is 1. The quantitative estimate of drug-likeness (QED) is 0.511. The van der Waals surface area contributed by atoms with Crippen LogP contribution in [0.15, 0.2) is 24.5 Å². The summed E-state index contributed by atoms with van der Waals surface area (Å²) in [5.41, 5.74) is 0.783. The molecule has 0 fully saturated rings. The number of unbranched alkanes of at least 4 members (excludes halogenated alkanes) is 2. The molecule has 0 amide bonds. The van der Waals surface area contributed by atoms with Crippen LogP contribution in [0.25, 0.3) is 0 Å². The summed E-state index contributed by atoms with van der Waals surface area (Å²) in [6, 6.07) is 3.54. The Balaban J connectivity index is 2.40. The van der Waals surface area contributed by atoms with E-state index >= 15 is 0 Å². The van der Waals surface area contributed by atoms with E-state index in [1.165, 1.54) is 0 Å². The minimum Gasteiger partial charge on any atom is -0.294 e. The Kier molecular flexibility index (Phi) is 4.16. The molecule has 0 N–H and O–H groups in total. The van der Waals surface area contributed by atoms with Crippen LogP contribution in [0.1, 0.15) is 43.0 Å². The summed E-state index contributed by atoms with van der Waals surface area (Å²) in [7, 11) is 0. The first-order valence-electron chi connectivity index (χ1n) is 4.78. The molecule has 0 aliphatic rings. The van der Waals surface area contributed by atoms with Gasteiger partial charge in [0.1, 0.15) is 0 Å². The number of Topliss-reactive ketones (excluding diaryl/α,β-unsaturated/α-hetero) is 1. The molecule has 13 heavy (non-hydrogen) atoms. The average Bonchev–Trinajstić information content (AvgIpc) is 2.19. The maximum Gasteiger partial charge on any atom is 0.162 e. The normalized spacial score (nSPS) is 9.92. The monoisotopic (exact) mass is 177 g/mol. The summed E-state index contributed by atoms with van der Waals surface area (Å²) >= 11 is 0. The molecule has 1 heterocycles. The molecule has 0 saturated heterocycles. The lowest BCUT2D eigenvalue weighted by Gasteiger charge is -1.98. The molecule has 0 aliphatic heterocycles. The minimum atomic E-state index is 0.232. The van der Waals surface area contributed by atoms with E-state index in [1.807, 2.05) is 0 Å². The molecule has 0 unspecified atom stereocenters. The Morgan fingerprint density at radius 1 is 1.31 bits per heavy atom. The van der Waals surface area contributed by atoms with Crippen molar-refractivity contribution in [3.05, 3.63) is 30.1 Å². The second-order valence-electron chi connectivity index (χ2n) is 3.12. The number of nitrogens with zero attached hydrogens (tertiary/aromatic N) is 1. The lowest BCUT2D eigenvalue weighted by Crippen LogP contribution is -1.98. The van der Waals surface area contributed by atoms with E-state index in [9.17, 15) is 4.79 Å². The van der Waals surface area contributed by atoms with E-state index < -0.39 is 0 Å². The molecule has 0 bridgehead atoms. The molecule has 1 aromatic rings. The van der Waals surface area contributed by atoms with Crippen LogP contribution in [0.3, 0.4) is 0 Å². The summed E-state index contributed by atoms with van der Waals surface area (Å²) in [6.45, 7) is 2.14. The van der Waals surface area contributed by atoms with Crippen LogP contribution in [0, 0.1) is 0 Å². The van der Waals surface area contributed by atoms with Crippen LogP contribution >= 0.6 is 0 Å². The van der Waals surface area contributed by atoms with Crippen molar-refractivity contribution < 1.29 is 4.79 Å². The van der Waals surface area contributed by atoms with Crippen molar-refractivity contribution >= 4 is 5.78 Å². The van der Waals surface area contributed by atoms with Crippen LogP contribution in [-0.4, -0.2) is 10.8 Å². The number of hydrogen-bond acceptors (Lipinski definition) is 2. The zero-order chi connectivity index (χ0) is 9.52. The summed E-state index contributed by atoms with van der Waals surface area (Å²) in [5, 5.41) is 0. The highest BCUT2D eigenvalue weighted by molar-refractivity contribution is 5.95. The number of carbonyl (C=O) groups is 1. The van der Waals surface area contributed by atoms with E-state index in [0.717, 1.165) is 24.8 Å². The van der Waals surface area contributed by atoms with E-state index in [4.69, 9.17) is 0 Å². The van der Waals surface area contributed by atoms with Crippen molar-refractivity contribution in [2.45, 2.75) is 32.6 Å². The van der Waals surface area contributed by atoms with Gasteiger partial charge in [-0.2, -0.15) is 0 Å². The molecule has 0 spiro atoms. The number of ketones is 1. The molecule has 0 radical (unpaired) electrons. The Labute approximate surface area is 79.0 Å². The van der Waals surface area contributed by atoms with Crippen molar-refractivity contribution in [1.29, 1.82) is 0 Å². The van der Waals surface area contributed by atoms with Gasteiger partial charge in [0.2, 0.25) is 0 Å². The maximum atomic E-state index is 11.5. The molecular formula is C11H15NO. The maximum absolute atomic E-state index is 11.5. The number of aromatic nitrogens is 1. The molecule has 70 valence electrons. The van der Waals surface area contributed by atoms with Crippen LogP contribution < -0.4 is 0 Å². The molecule has 1 aromatic heterocycles. The first kappa shape index (κ1) is 9.90. The fraction of sp³-hybridized carbons (Fsp3) is 0.455. The van der Waals surface area contributed by atoms with Gasteiger partial charge in [0, 0.05) is 24.4 Å². The van der Waals surface area contributed by atoms with Gasteiger partial charge in [-0.1, -0.05) is 19.8 Å². The molecule has 0 aromatic carbocycles. The smallest absolute Gasteiger partial charge is 0.162 e. The third-order valence-electron chi connectivity index (χ3n) is 2.01. The fourth-order valence-corrected chi connectivity index (χ4v) is 1.22. The summed E-state index contributed by atoms with van der Waals surface area (Å²) in [4.78, 5) is 15.4.